The number of Topliss-reactive ketones (excluding diaryl/α,β-unsaturated/α-hetero) is 1. The Balaban J connectivity index is 2.36. The molecule has 0 bridgehead atoms. The topological polar surface area (TPSA) is 174 Å². The minimum atomic E-state index is -4.10. The molecule has 1 aromatic rings. The van der Waals surface area contributed by atoms with Crippen LogP contribution in [0.25, 0.3) is 0 Å². The fourth-order valence-corrected chi connectivity index (χ4v) is 7.50. The molecule has 1 fully saturated rings. The van der Waals surface area contributed by atoms with E-state index in [1.54, 1.807) is 20.8 Å². The molecule has 5 amide bonds. The molecule has 1 unspecified atom stereocenters. The summed E-state index contributed by atoms with van der Waals surface area (Å²) >= 11 is 0. The average molecular weight is 765 g/mol. The van der Waals surface area contributed by atoms with Crippen LogP contribution in [-0.2, 0) is 29.2 Å². The number of nitrogens with zero attached hydrogens (tertiary/aromatic N) is 2. The highest BCUT2D eigenvalue weighted by molar-refractivity contribution is 7.89. The molecule has 13 nitrogen and oxygen atoms in total. The first kappa shape index (κ1) is 45.3. The van der Waals surface area contributed by atoms with Crippen LogP contribution >= 0.6 is 0 Å². The van der Waals surface area contributed by atoms with Crippen molar-refractivity contribution in [2.45, 2.75) is 117 Å². The number of halogens is 1. The number of hydrogen-bond donors (Lipinski definition) is 4. The third-order valence-electron chi connectivity index (χ3n) is 9.65. The normalized spacial score (nSPS) is 18.2. The summed E-state index contributed by atoms with van der Waals surface area (Å²) in [4.78, 5) is 69.1. The summed E-state index contributed by atoms with van der Waals surface area (Å²) in [5.74, 6) is -3.62. The molecule has 1 aliphatic rings. The summed E-state index contributed by atoms with van der Waals surface area (Å²) in [6.07, 6.45) is 3.51. The number of likely N-dealkylation sites (N-methyl/N-ethyl adjacent to an activating group) is 1. The Morgan fingerprint density at radius 1 is 1.04 bits per heavy atom. The van der Waals surface area contributed by atoms with Gasteiger partial charge in [0.25, 0.3) is 5.91 Å². The number of sulfonamides is 1. The van der Waals surface area contributed by atoms with Gasteiger partial charge in [0.2, 0.25) is 27.6 Å². The molecule has 1 heterocycles. The lowest BCUT2D eigenvalue weighted by Crippen LogP contribution is -2.62. The maximum atomic E-state index is 14.4. The van der Waals surface area contributed by atoms with E-state index in [1.165, 1.54) is 30.2 Å². The van der Waals surface area contributed by atoms with Crippen molar-refractivity contribution in [1.82, 2.24) is 30.5 Å². The van der Waals surface area contributed by atoms with Crippen molar-refractivity contribution in [2.24, 2.45) is 22.7 Å². The second-order valence-corrected chi connectivity index (χ2v) is 18.4. The van der Waals surface area contributed by atoms with Crippen LogP contribution in [0.5, 0.6) is 0 Å². The van der Waals surface area contributed by atoms with Gasteiger partial charge in [-0.3, -0.25) is 19.2 Å². The fourth-order valence-electron chi connectivity index (χ4n) is 6.29. The van der Waals surface area contributed by atoms with Crippen molar-refractivity contribution in [3.8, 4) is 0 Å². The van der Waals surface area contributed by atoms with Crippen LogP contribution in [0.4, 0.5) is 9.18 Å². The van der Waals surface area contributed by atoms with E-state index in [4.69, 9.17) is 0 Å². The van der Waals surface area contributed by atoms with Gasteiger partial charge in [0.1, 0.15) is 17.9 Å². The molecule has 0 spiro atoms. The van der Waals surface area contributed by atoms with Crippen molar-refractivity contribution >= 4 is 39.6 Å². The van der Waals surface area contributed by atoms with Gasteiger partial charge in [-0.2, -0.15) is 4.31 Å². The molecule has 0 aromatic heterocycles. The SMILES string of the molecule is C=CCNC(=O)C(=O)C(CCCC)NC(=O)[C@@H]1[C@@H](C(C)C)CCN1C(=O)[C@@H](NC(=O)N[C@H](CN(C)S(=O)(=O)c1cccc(F)c1)C(C)(C)C)C(C)(C)C. The lowest BCUT2D eigenvalue weighted by molar-refractivity contribution is -0.144. The zero-order valence-electron chi connectivity index (χ0n) is 33.0. The summed E-state index contributed by atoms with van der Waals surface area (Å²) < 4.78 is 41.5. The van der Waals surface area contributed by atoms with Crippen LogP contribution in [0.3, 0.4) is 0 Å². The predicted octanol–water partition coefficient (Wildman–Crippen LogP) is 3.99. The van der Waals surface area contributed by atoms with Crippen molar-refractivity contribution in [3.05, 3.63) is 42.7 Å². The number of urea groups is 1. The van der Waals surface area contributed by atoms with Crippen LogP contribution < -0.4 is 21.3 Å². The molecule has 1 aliphatic heterocycles. The van der Waals surface area contributed by atoms with Gasteiger partial charge < -0.3 is 26.2 Å². The standard InChI is InChI=1S/C38H61FN6O7S/c1-12-14-18-28(31(46)34(48)40-20-13-2)41-33(47)30-27(24(3)4)19-21-45(30)35(49)32(38(8,9)10)43-36(50)42-29(37(5,6)7)23-44(11)53(51,52)26-17-15-16-25(39)22-26/h13,15-17,22,24,27-30,32H,2,12,14,18-21,23H2,1,3-11H3,(H,40,48)(H,41,47)(H2,42,43,50)/t27-,28?,29-,30+,32-/m1/s1. The second kappa shape index (κ2) is 19.0. The number of rotatable bonds is 17. The number of carbonyl (C=O) groups excluding carboxylic acids is 5. The zero-order valence-corrected chi connectivity index (χ0v) is 33.9. The van der Waals surface area contributed by atoms with Gasteiger partial charge in [0.15, 0.2) is 0 Å². The van der Waals surface area contributed by atoms with Crippen LogP contribution in [0.2, 0.25) is 0 Å². The molecule has 4 N–H and O–H groups in total. The Hall–Kier alpha value is -3.85. The molecule has 0 radical (unpaired) electrons. The van der Waals surface area contributed by atoms with Crippen molar-refractivity contribution in [2.75, 3.05) is 26.7 Å². The summed E-state index contributed by atoms with van der Waals surface area (Å²) in [6, 6.07) is 0.0479. The van der Waals surface area contributed by atoms with E-state index in [9.17, 15) is 36.8 Å². The molecule has 15 heteroatoms. The van der Waals surface area contributed by atoms with Gasteiger partial charge in [0.05, 0.1) is 10.9 Å². The van der Waals surface area contributed by atoms with Crippen LogP contribution in [0.1, 0.15) is 88.0 Å². The molecule has 1 saturated heterocycles. The molecule has 2 rings (SSSR count). The maximum Gasteiger partial charge on any atom is 0.315 e. The van der Waals surface area contributed by atoms with E-state index < -0.39 is 80.4 Å². The third-order valence-corrected chi connectivity index (χ3v) is 11.5. The van der Waals surface area contributed by atoms with E-state index in [0.29, 0.717) is 12.8 Å². The second-order valence-electron chi connectivity index (χ2n) is 16.3. The first-order chi connectivity index (χ1) is 24.5. The van der Waals surface area contributed by atoms with Gasteiger partial charge in [0, 0.05) is 32.7 Å². The molecular weight excluding hydrogens is 704 g/mol. The first-order valence-corrected chi connectivity index (χ1v) is 19.7. The zero-order chi connectivity index (χ0) is 40.5. The number of benzene rings is 1. The summed E-state index contributed by atoms with van der Waals surface area (Å²) in [7, 11) is -2.76. The van der Waals surface area contributed by atoms with Crippen LogP contribution in [0, 0.1) is 28.5 Å². The lowest BCUT2D eigenvalue weighted by atomic mass is 9.84. The van der Waals surface area contributed by atoms with Gasteiger partial charge in [-0.1, -0.05) is 87.3 Å². The number of carbonyl (C=O) groups is 5. The van der Waals surface area contributed by atoms with Gasteiger partial charge in [-0.15, -0.1) is 6.58 Å². The van der Waals surface area contributed by atoms with E-state index in [-0.39, 0.29) is 42.8 Å². The van der Waals surface area contributed by atoms with Crippen LogP contribution in [-0.4, -0.2) is 98.0 Å². The highest BCUT2D eigenvalue weighted by Crippen LogP contribution is 2.34. The summed E-state index contributed by atoms with van der Waals surface area (Å²) in [6.45, 7) is 20.4. The third kappa shape index (κ3) is 12.3. The first-order valence-electron chi connectivity index (χ1n) is 18.3. The predicted molar refractivity (Wildman–Crippen MR) is 202 cm³/mol. The molecule has 1 aromatic carbocycles. The summed E-state index contributed by atoms with van der Waals surface area (Å²) in [5.41, 5.74) is -1.48. The molecule has 53 heavy (non-hydrogen) atoms. The Kier molecular flexibility index (Phi) is 16.2. The minimum absolute atomic E-state index is 0.0123. The Morgan fingerprint density at radius 3 is 2.21 bits per heavy atom. The number of unbranched alkanes of at least 4 members (excludes halogenated alkanes) is 1. The van der Waals surface area contributed by atoms with E-state index in [2.05, 4.69) is 27.8 Å². The number of ketones is 1. The van der Waals surface area contributed by atoms with Crippen molar-refractivity contribution < 1.29 is 36.8 Å². The Bertz CT molecular complexity index is 1590. The smallest absolute Gasteiger partial charge is 0.315 e. The number of likely N-dealkylation sites (tertiary alicyclic amines) is 1. The van der Waals surface area contributed by atoms with Gasteiger partial charge >= 0.3 is 6.03 Å². The Labute approximate surface area is 315 Å². The van der Waals surface area contributed by atoms with E-state index in [1.807, 2.05) is 41.5 Å². The monoisotopic (exact) mass is 764 g/mol. The largest absolute Gasteiger partial charge is 0.346 e. The van der Waals surface area contributed by atoms with Crippen molar-refractivity contribution in [1.29, 1.82) is 0 Å². The maximum absolute atomic E-state index is 14.4. The highest BCUT2D eigenvalue weighted by Gasteiger charge is 2.48. The van der Waals surface area contributed by atoms with Gasteiger partial charge in [-0.05, 0) is 53.7 Å². The lowest BCUT2D eigenvalue weighted by Gasteiger charge is -2.38. The minimum Gasteiger partial charge on any atom is -0.346 e. The molecule has 5 atom stereocenters. The molecule has 0 aliphatic carbocycles. The average Bonchev–Trinajstić information content (AvgIpc) is 3.52. The Morgan fingerprint density at radius 2 is 1.68 bits per heavy atom. The van der Waals surface area contributed by atoms with E-state index >= 15 is 0 Å². The van der Waals surface area contributed by atoms with E-state index in [0.717, 1.165) is 22.9 Å². The molecule has 0 saturated carbocycles. The van der Waals surface area contributed by atoms with Gasteiger partial charge in [-0.25, -0.2) is 17.6 Å². The molecule has 298 valence electrons. The number of nitrogens with one attached hydrogen (secondary N) is 4. The number of amides is 5. The summed E-state index contributed by atoms with van der Waals surface area (Å²) in [5, 5.41) is 10.9. The number of hydrogen-bond acceptors (Lipinski definition) is 7. The van der Waals surface area contributed by atoms with Crippen LogP contribution in [0.15, 0.2) is 41.8 Å². The van der Waals surface area contributed by atoms with Crippen molar-refractivity contribution in [3.63, 3.8) is 0 Å². The fraction of sp³-hybridized carbons (Fsp3) is 0.658. The highest BCUT2D eigenvalue weighted by atomic mass is 32.2. The quantitative estimate of drug-likeness (QED) is 0.137. The molecular formula is C38H61FN6O7S.